The minimum absolute atomic E-state index is 0.450. The van der Waals surface area contributed by atoms with E-state index in [4.69, 9.17) is 18.9 Å². The summed E-state index contributed by atoms with van der Waals surface area (Å²) in [5.74, 6) is 1.97. The molecular formula is C25H34O5. The second kappa shape index (κ2) is 13.0. The van der Waals surface area contributed by atoms with E-state index in [0.29, 0.717) is 36.5 Å². The molecule has 5 heteroatoms. The predicted octanol–water partition coefficient (Wildman–Crippen LogP) is 5.69. The van der Waals surface area contributed by atoms with Crippen molar-refractivity contribution in [3.63, 3.8) is 0 Å². The number of ether oxygens (including phenoxy) is 4. The summed E-state index contributed by atoms with van der Waals surface area (Å²) in [6.45, 7) is 11.4. The lowest BCUT2D eigenvalue weighted by Gasteiger charge is -2.09. The second-order valence-corrected chi connectivity index (χ2v) is 8.18. The van der Waals surface area contributed by atoms with Crippen molar-refractivity contribution in [2.45, 2.75) is 40.5 Å². The standard InChI is InChI=1S/C25H34O5/c1-19(2)17-27-15-13-21-5-9-23(10-6-21)29-25(26)30-24-11-7-22(8-12-24)14-16-28-18-20(3)4/h5-12,19-20H,13-18H2,1-4H3. The van der Waals surface area contributed by atoms with Crippen molar-refractivity contribution in [3.05, 3.63) is 59.7 Å². The first kappa shape index (κ1) is 23.9. The van der Waals surface area contributed by atoms with Crippen molar-refractivity contribution in [2.24, 2.45) is 11.8 Å². The monoisotopic (exact) mass is 414 g/mol. The highest BCUT2D eigenvalue weighted by Crippen LogP contribution is 2.17. The molecule has 0 bridgehead atoms. The van der Waals surface area contributed by atoms with Crippen molar-refractivity contribution < 1.29 is 23.7 Å². The summed E-state index contributed by atoms with van der Waals surface area (Å²) in [6.07, 6.45) is 0.898. The number of benzene rings is 2. The highest BCUT2D eigenvalue weighted by atomic mass is 16.7. The summed E-state index contributed by atoms with van der Waals surface area (Å²) in [6, 6.07) is 14.8. The molecule has 0 saturated heterocycles. The molecule has 0 fully saturated rings. The van der Waals surface area contributed by atoms with Crippen LogP contribution in [0.2, 0.25) is 0 Å². The van der Waals surface area contributed by atoms with E-state index in [2.05, 4.69) is 27.7 Å². The zero-order valence-corrected chi connectivity index (χ0v) is 18.6. The van der Waals surface area contributed by atoms with Crippen LogP contribution in [0.1, 0.15) is 38.8 Å². The van der Waals surface area contributed by atoms with Crippen LogP contribution in [0.25, 0.3) is 0 Å². The Bertz CT molecular complexity index is 672. The molecule has 2 aromatic rings. The van der Waals surface area contributed by atoms with E-state index in [-0.39, 0.29) is 0 Å². The van der Waals surface area contributed by atoms with Gasteiger partial charge in [-0.1, -0.05) is 52.0 Å². The molecule has 164 valence electrons. The maximum atomic E-state index is 12.0. The molecule has 0 aliphatic heterocycles. The first-order valence-electron chi connectivity index (χ1n) is 10.7. The fourth-order valence-electron chi connectivity index (χ4n) is 2.68. The van der Waals surface area contributed by atoms with Crippen LogP contribution in [0.5, 0.6) is 11.5 Å². The van der Waals surface area contributed by atoms with Crippen LogP contribution in [0.15, 0.2) is 48.5 Å². The normalized spacial score (nSPS) is 11.1. The van der Waals surface area contributed by atoms with E-state index in [0.717, 1.165) is 37.2 Å². The highest BCUT2D eigenvalue weighted by molar-refractivity contribution is 5.67. The fourth-order valence-corrected chi connectivity index (χ4v) is 2.68. The average Bonchev–Trinajstić information content (AvgIpc) is 2.70. The van der Waals surface area contributed by atoms with E-state index in [9.17, 15) is 4.79 Å². The van der Waals surface area contributed by atoms with Gasteiger partial charge in [0, 0.05) is 13.2 Å². The molecule has 0 aliphatic carbocycles. The Morgan fingerprint density at radius 1 is 0.667 bits per heavy atom. The lowest BCUT2D eigenvalue weighted by atomic mass is 10.1. The third-order valence-electron chi connectivity index (χ3n) is 4.22. The van der Waals surface area contributed by atoms with Crippen LogP contribution in [0, 0.1) is 11.8 Å². The molecule has 0 heterocycles. The smallest absolute Gasteiger partial charge is 0.395 e. The van der Waals surface area contributed by atoms with Gasteiger partial charge in [-0.2, -0.15) is 0 Å². The summed E-state index contributed by atoms with van der Waals surface area (Å²) in [5, 5.41) is 0. The Kier molecular flexibility index (Phi) is 10.4. The maximum absolute atomic E-state index is 12.0. The molecule has 0 aliphatic rings. The molecule has 0 saturated carbocycles. The van der Waals surface area contributed by atoms with Gasteiger partial charge >= 0.3 is 6.16 Å². The zero-order valence-electron chi connectivity index (χ0n) is 18.6. The average molecular weight is 415 g/mol. The Labute approximate surface area is 180 Å². The molecule has 0 atom stereocenters. The summed E-state index contributed by atoms with van der Waals surface area (Å²) in [5.41, 5.74) is 2.26. The molecule has 0 spiro atoms. The third-order valence-corrected chi connectivity index (χ3v) is 4.22. The maximum Gasteiger partial charge on any atom is 0.519 e. The highest BCUT2D eigenvalue weighted by Gasteiger charge is 2.08. The minimum Gasteiger partial charge on any atom is -0.395 e. The van der Waals surface area contributed by atoms with E-state index >= 15 is 0 Å². The van der Waals surface area contributed by atoms with E-state index in [1.807, 2.05) is 24.3 Å². The van der Waals surface area contributed by atoms with Gasteiger partial charge in [0.05, 0.1) is 13.2 Å². The third kappa shape index (κ3) is 9.90. The molecule has 0 N–H and O–H groups in total. The second-order valence-electron chi connectivity index (χ2n) is 8.18. The van der Waals surface area contributed by atoms with Crippen LogP contribution in [-0.2, 0) is 22.3 Å². The van der Waals surface area contributed by atoms with E-state index in [1.165, 1.54) is 0 Å². The van der Waals surface area contributed by atoms with Gasteiger partial charge < -0.3 is 18.9 Å². The molecule has 30 heavy (non-hydrogen) atoms. The Balaban J connectivity index is 1.72. The van der Waals surface area contributed by atoms with Crippen molar-refractivity contribution >= 4 is 6.16 Å². The summed E-state index contributed by atoms with van der Waals surface area (Å²) in [7, 11) is 0. The van der Waals surface area contributed by atoms with Gasteiger partial charge in [-0.05, 0) is 60.1 Å². The summed E-state index contributed by atoms with van der Waals surface area (Å²) < 4.78 is 21.7. The fraction of sp³-hybridized carbons (Fsp3) is 0.480. The van der Waals surface area contributed by atoms with Gasteiger partial charge in [0.2, 0.25) is 0 Å². The first-order valence-corrected chi connectivity index (χ1v) is 10.7. The summed E-state index contributed by atoms with van der Waals surface area (Å²) >= 11 is 0. The quantitative estimate of drug-likeness (QED) is 0.253. The molecule has 2 rings (SSSR count). The van der Waals surface area contributed by atoms with Crippen molar-refractivity contribution in [1.29, 1.82) is 0 Å². The number of carbonyl (C=O) groups excluding carboxylic acids is 1. The topological polar surface area (TPSA) is 54.0 Å². The van der Waals surface area contributed by atoms with Gasteiger partial charge in [0.15, 0.2) is 0 Å². The predicted molar refractivity (Wildman–Crippen MR) is 118 cm³/mol. The van der Waals surface area contributed by atoms with E-state index < -0.39 is 6.16 Å². The van der Waals surface area contributed by atoms with Crippen LogP contribution >= 0.6 is 0 Å². The van der Waals surface area contributed by atoms with Crippen LogP contribution in [-0.4, -0.2) is 32.6 Å². The van der Waals surface area contributed by atoms with Gasteiger partial charge in [-0.15, -0.1) is 0 Å². The lowest BCUT2D eigenvalue weighted by molar-refractivity contribution is 0.112. The van der Waals surface area contributed by atoms with Crippen molar-refractivity contribution in [2.75, 3.05) is 26.4 Å². The molecule has 0 radical (unpaired) electrons. The van der Waals surface area contributed by atoms with Gasteiger partial charge in [-0.3, -0.25) is 0 Å². The molecule has 0 aromatic heterocycles. The number of hydrogen-bond acceptors (Lipinski definition) is 5. The zero-order chi connectivity index (χ0) is 21.8. The number of carbonyl (C=O) groups is 1. The first-order chi connectivity index (χ1) is 14.4. The summed E-state index contributed by atoms with van der Waals surface area (Å²) in [4.78, 5) is 12.0. The van der Waals surface area contributed by atoms with Crippen molar-refractivity contribution in [1.82, 2.24) is 0 Å². The van der Waals surface area contributed by atoms with Gasteiger partial charge in [-0.25, -0.2) is 4.79 Å². The van der Waals surface area contributed by atoms with Gasteiger partial charge in [0.25, 0.3) is 0 Å². The molecule has 5 nitrogen and oxygen atoms in total. The molecule has 0 amide bonds. The number of hydrogen-bond donors (Lipinski definition) is 0. The lowest BCUT2D eigenvalue weighted by Crippen LogP contribution is -2.13. The largest absolute Gasteiger partial charge is 0.519 e. The molecule has 2 aromatic carbocycles. The van der Waals surface area contributed by atoms with Crippen molar-refractivity contribution in [3.8, 4) is 11.5 Å². The Morgan fingerprint density at radius 2 is 1.03 bits per heavy atom. The van der Waals surface area contributed by atoms with Crippen LogP contribution in [0.3, 0.4) is 0 Å². The number of rotatable bonds is 12. The SMILES string of the molecule is CC(C)COCCc1ccc(OC(=O)Oc2ccc(CCOCC(C)C)cc2)cc1. The minimum atomic E-state index is -0.754. The molecule has 0 unspecified atom stereocenters. The Morgan fingerprint density at radius 3 is 1.37 bits per heavy atom. The van der Waals surface area contributed by atoms with Gasteiger partial charge in [0.1, 0.15) is 11.5 Å². The van der Waals surface area contributed by atoms with E-state index in [1.54, 1.807) is 24.3 Å². The molecular weight excluding hydrogens is 380 g/mol. The Hall–Kier alpha value is -2.37. The van der Waals surface area contributed by atoms with Crippen LogP contribution < -0.4 is 9.47 Å². The van der Waals surface area contributed by atoms with Crippen LogP contribution in [0.4, 0.5) is 4.79 Å².